The molecule has 0 radical (unpaired) electrons. The molecular weight excluding hydrogens is 264 g/mol. The van der Waals surface area contributed by atoms with Gasteiger partial charge in [0.15, 0.2) is 0 Å². The molecule has 0 aliphatic carbocycles. The minimum Gasteiger partial charge on any atom is -0.381 e. The number of nitrogens with zero attached hydrogens (tertiary/aromatic N) is 1. The summed E-state index contributed by atoms with van der Waals surface area (Å²) in [4.78, 5) is 10.6. The van der Waals surface area contributed by atoms with Crippen molar-refractivity contribution in [3.63, 3.8) is 0 Å². The van der Waals surface area contributed by atoms with E-state index in [-0.39, 0.29) is 10.6 Å². The van der Waals surface area contributed by atoms with Gasteiger partial charge in [-0.2, -0.15) is 0 Å². The van der Waals surface area contributed by atoms with Crippen molar-refractivity contribution in [3.8, 4) is 0 Å². The molecule has 0 aliphatic heterocycles. The molecule has 2 aromatic rings. The lowest BCUT2D eigenvalue weighted by molar-refractivity contribution is -0.385. The Kier molecular flexibility index (Phi) is 4.93. The van der Waals surface area contributed by atoms with Crippen molar-refractivity contribution in [1.29, 1.82) is 0 Å². The smallest absolute Gasteiger partial charge is 0.274 e. The highest BCUT2D eigenvalue weighted by atomic mass is 16.6. The Balaban J connectivity index is 2.05. The van der Waals surface area contributed by atoms with E-state index in [0.717, 1.165) is 12.1 Å². The van der Waals surface area contributed by atoms with Gasteiger partial charge >= 0.3 is 0 Å². The van der Waals surface area contributed by atoms with Crippen molar-refractivity contribution in [3.05, 3.63) is 69.8 Å². The third-order valence-corrected chi connectivity index (χ3v) is 3.76. The Morgan fingerprint density at radius 3 is 2.43 bits per heavy atom. The minimum atomic E-state index is -0.344. The summed E-state index contributed by atoms with van der Waals surface area (Å²) in [6.45, 7) is 4.82. The number of hydrogen-bond acceptors (Lipinski definition) is 3. The number of anilines is 1. The van der Waals surface area contributed by atoms with Crippen LogP contribution in [0.2, 0.25) is 0 Å². The molecule has 0 aromatic heterocycles. The molecule has 0 spiro atoms. The molecule has 2 aromatic carbocycles. The van der Waals surface area contributed by atoms with Crippen molar-refractivity contribution in [2.24, 2.45) is 0 Å². The quantitative estimate of drug-likeness (QED) is 0.616. The zero-order valence-corrected chi connectivity index (χ0v) is 12.4. The van der Waals surface area contributed by atoms with Gasteiger partial charge in [-0.05, 0) is 30.0 Å². The zero-order chi connectivity index (χ0) is 15.2. The Hall–Kier alpha value is -2.36. The molecule has 4 heteroatoms. The highest BCUT2D eigenvalue weighted by molar-refractivity contribution is 5.48. The van der Waals surface area contributed by atoms with E-state index in [0.29, 0.717) is 18.0 Å². The Morgan fingerprint density at radius 2 is 1.81 bits per heavy atom. The first-order valence-corrected chi connectivity index (χ1v) is 7.18. The monoisotopic (exact) mass is 284 g/mol. The number of nitrogens with one attached hydrogen (secondary N) is 1. The minimum absolute atomic E-state index is 0.154. The number of nitro groups is 1. The van der Waals surface area contributed by atoms with Crippen LogP contribution in [0, 0.1) is 10.1 Å². The van der Waals surface area contributed by atoms with Crippen molar-refractivity contribution < 1.29 is 4.92 Å². The van der Waals surface area contributed by atoms with Crippen molar-refractivity contribution in [1.82, 2.24) is 0 Å². The summed E-state index contributed by atoms with van der Waals surface area (Å²) in [6, 6.07) is 15.1. The van der Waals surface area contributed by atoms with Crippen molar-refractivity contribution in [2.45, 2.75) is 32.7 Å². The van der Waals surface area contributed by atoms with Crippen molar-refractivity contribution >= 4 is 11.4 Å². The van der Waals surface area contributed by atoms with Gasteiger partial charge in [-0.3, -0.25) is 10.1 Å². The van der Waals surface area contributed by atoms with E-state index in [2.05, 4.69) is 31.3 Å². The summed E-state index contributed by atoms with van der Waals surface area (Å²) in [6.07, 6.45) is 1.11. The van der Waals surface area contributed by atoms with Gasteiger partial charge in [-0.15, -0.1) is 0 Å². The van der Waals surface area contributed by atoms with Gasteiger partial charge in [0.1, 0.15) is 0 Å². The summed E-state index contributed by atoms with van der Waals surface area (Å²) in [5.41, 5.74) is 3.13. The SMILES string of the molecule is CCC(C)c1ccc(NCc2ccccc2[N+](=O)[O-])cc1. The number of nitro benzene ring substituents is 1. The van der Waals surface area contributed by atoms with Gasteiger partial charge in [0.2, 0.25) is 0 Å². The Morgan fingerprint density at radius 1 is 1.14 bits per heavy atom. The Labute approximate surface area is 125 Å². The first kappa shape index (κ1) is 15.0. The lowest BCUT2D eigenvalue weighted by Crippen LogP contribution is -2.03. The Bertz CT molecular complexity index is 608. The predicted molar refractivity (Wildman–Crippen MR) is 85.6 cm³/mol. The second kappa shape index (κ2) is 6.88. The lowest BCUT2D eigenvalue weighted by atomic mass is 9.98. The van der Waals surface area contributed by atoms with Crippen LogP contribution in [-0.2, 0) is 6.54 Å². The second-order valence-electron chi connectivity index (χ2n) is 5.17. The van der Waals surface area contributed by atoms with Crippen LogP contribution in [0.4, 0.5) is 11.4 Å². The van der Waals surface area contributed by atoms with E-state index >= 15 is 0 Å². The fraction of sp³-hybridized carbons (Fsp3) is 0.294. The second-order valence-corrected chi connectivity index (χ2v) is 5.17. The van der Waals surface area contributed by atoms with Crippen LogP contribution in [0.25, 0.3) is 0 Å². The third kappa shape index (κ3) is 3.81. The largest absolute Gasteiger partial charge is 0.381 e. The molecule has 0 bridgehead atoms. The van der Waals surface area contributed by atoms with Gasteiger partial charge in [0.05, 0.1) is 4.92 Å². The van der Waals surface area contributed by atoms with Crippen LogP contribution in [0.5, 0.6) is 0 Å². The molecule has 1 unspecified atom stereocenters. The highest BCUT2D eigenvalue weighted by Gasteiger charge is 2.11. The molecular formula is C17H20N2O2. The number of rotatable bonds is 6. The van der Waals surface area contributed by atoms with Gasteiger partial charge in [-0.1, -0.05) is 44.2 Å². The first-order valence-electron chi connectivity index (χ1n) is 7.18. The van der Waals surface area contributed by atoms with E-state index in [9.17, 15) is 10.1 Å². The van der Waals surface area contributed by atoms with E-state index in [1.165, 1.54) is 11.6 Å². The lowest BCUT2D eigenvalue weighted by Gasteiger charge is -2.11. The molecule has 0 amide bonds. The average Bonchev–Trinajstić information content (AvgIpc) is 2.52. The molecule has 0 saturated heterocycles. The molecule has 21 heavy (non-hydrogen) atoms. The molecule has 0 fully saturated rings. The summed E-state index contributed by atoms with van der Waals surface area (Å²) >= 11 is 0. The van der Waals surface area contributed by atoms with Gasteiger partial charge in [0, 0.05) is 23.9 Å². The highest BCUT2D eigenvalue weighted by Crippen LogP contribution is 2.22. The maximum Gasteiger partial charge on any atom is 0.274 e. The number of hydrogen-bond donors (Lipinski definition) is 1. The number of para-hydroxylation sites is 1. The molecule has 0 aliphatic rings. The molecule has 110 valence electrons. The summed E-state index contributed by atoms with van der Waals surface area (Å²) in [7, 11) is 0. The fourth-order valence-electron chi connectivity index (χ4n) is 2.20. The van der Waals surface area contributed by atoms with E-state index in [4.69, 9.17) is 0 Å². The molecule has 0 saturated carbocycles. The van der Waals surface area contributed by atoms with Crippen LogP contribution in [0.15, 0.2) is 48.5 Å². The standard InChI is InChI=1S/C17H20N2O2/c1-3-13(2)14-8-10-16(11-9-14)18-12-15-6-4-5-7-17(15)19(20)21/h4-11,13,18H,3,12H2,1-2H3. The van der Waals surface area contributed by atoms with Crippen LogP contribution in [0.1, 0.15) is 37.3 Å². The predicted octanol–water partition coefficient (Wildman–Crippen LogP) is 4.72. The maximum atomic E-state index is 11.0. The maximum absolute atomic E-state index is 11.0. The zero-order valence-electron chi connectivity index (χ0n) is 12.4. The summed E-state index contributed by atoms with van der Waals surface area (Å²) in [5.74, 6) is 0.550. The van der Waals surface area contributed by atoms with Crippen LogP contribution in [-0.4, -0.2) is 4.92 Å². The van der Waals surface area contributed by atoms with E-state index in [1.54, 1.807) is 12.1 Å². The molecule has 2 rings (SSSR count). The summed E-state index contributed by atoms with van der Waals surface area (Å²) in [5, 5.41) is 14.2. The van der Waals surface area contributed by atoms with Crippen LogP contribution < -0.4 is 5.32 Å². The van der Waals surface area contributed by atoms with Gasteiger partial charge < -0.3 is 5.32 Å². The fourth-order valence-corrected chi connectivity index (χ4v) is 2.20. The van der Waals surface area contributed by atoms with Crippen LogP contribution >= 0.6 is 0 Å². The normalized spacial score (nSPS) is 11.9. The third-order valence-electron chi connectivity index (χ3n) is 3.76. The first-order chi connectivity index (χ1) is 10.1. The number of benzene rings is 2. The van der Waals surface area contributed by atoms with Gasteiger partial charge in [-0.25, -0.2) is 0 Å². The topological polar surface area (TPSA) is 55.2 Å². The van der Waals surface area contributed by atoms with Crippen LogP contribution in [0.3, 0.4) is 0 Å². The van der Waals surface area contributed by atoms with E-state index < -0.39 is 0 Å². The molecule has 4 nitrogen and oxygen atoms in total. The molecule has 1 atom stereocenters. The molecule has 1 N–H and O–H groups in total. The van der Waals surface area contributed by atoms with E-state index in [1.807, 2.05) is 18.2 Å². The average molecular weight is 284 g/mol. The van der Waals surface area contributed by atoms with Crippen molar-refractivity contribution in [2.75, 3.05) is 5.32 Å². The summed E-state index contributed by atoms with van der Waals surface area (Å²) < 4.78 is 0. The van der Waals surface area contributed by atoms with Gasteiger partial charge in [0.25, 0.3) is 5.69 Å². The molecule has 0 heterocycles.